The molecule has 0 aromatic heterocycles. The molecular weight excluding hydrogens is 560 g/mol. The van der Waals surface area contributed by atoms with Gasteiger partial charge in [-0.2, -0.15) is 0 Å². The first-order valence-electron chi connectivity index (χ1n) is 17.6. The predicted molar refractivity (Wildman–Crippen MR) is 168 cm³/mol. The normalized spacial score (nSPS) is 38.1. The molecule has 10 atom stereocenters. The molecule has 44 heavy (non-hydrogen) atoms. The van der Waals surface area contributed by atoms with Crippen LogP contribution in [0, 0.1) is 23.7 Å². The van der Waals surface area contributed by atoms with Crippen molar-refractivity contribution in [1.29, 1.82) is 0 Å². The number of carbonyl (C=O) groups is 3. The molecule has 0 aromatic carbocycles. The minimum absolute atomic E-state index is 0.0199. The molecule has 8 heteroatoms. The Morgan fingerprint density at radius 3 is 2.16 bits per heavy atom. The summed E-state index contributed by atoms with van der Waals surface area (Å²) < 4.78 is 25.5. The standard InChI is InChI=1S/C36H58O8/c1-7-9-11-13-15-17-29(37)41-26-22-28(43-30(38)18-16-14-12-10-8-2)36(6)33-31-25(24(4)34(39)44-36)19-20-35(5,40)32(31)27(42-33)21-23(26)3/h24-28,31-33,40H,3,7-22H2,1-2,4-6H3. The van der Waals surface area contributed by atoms with Gasteiger partial charge in [0.25, 0.3) is 0 Å². The number of ether oxygens (including phenoxy) is 4. The van der Waals surface area contributed by atoms with Crippen LogP contribution in [-0.2, 0) is 33.3 Å². The number of hydrogen-bond donors (Lipinski definition) is 1. The average Bonchev–Trinajstić information content (AvgIpc) is 3.34. The van der Waals surface area contributed by atoms with Crippen LogP contribution in [0.5, 0.6) is 0 Å². The fourth-order valence-electron chi connectivity index (χ4n) is 8.45. The Labute approximate surface area is 265 Å². The third-order valence-corrected chi connectivity index (χ3v) is 11.1. The van der Waals surface area contributed by atoms with E-state index < -0.39 is 29.5 Å². The number of rotatable bonds is 14. The molecule has 2 bridgehead atoms. The van der Waals surface area contributed by atoms with Crippen LogP contribution in [0.3, 0.4) is 0 Å². The van der Waals surface area contributed by atoms with Crippen molar-refractivity contribution in [3.8, 4) is 0 Å². The largest absolute Gasteiger partial charge is 0.458 e. The van der Waals surface area contributed by atoms with Gasteiger partial charge in [-0.15, -0.1) is 0 Å². The van der Waals surface area contributed by atoms with Gasteiger partial charge >= 0.3 is 17.9 Å². The van der Waals surface area contributed by atoms with E-state index >= 15 is 0 Å². The van der Waals surface area contributed by atoms with Gasteiger partial charge in [-0.3, -0.25) is 14.4 Å². The van der Waals surface area contributed by atoms with E-state index in [1.54, 1.807) is 0 Å². The van der Waals surface area contributed by atoms with Crippen molar-refractivity contribution < 1.29 is 38.4 Å². The monoisotopic (exact) mass is 618 g/mol. The van der Waals surface area contributed by atoms with E-state index in [4.69, 9.17) is 18.9 Å². The molecule has 1 saturated carbocycles. The molecule has 8 nitrogen and oxygen atoms in total. The number of unbranched alkanes of at least 4 members (excludes halogenated alkanes) is 8. The van der Waals surface area contributed by atoms with E-state index in [2.05, 4.69) is 20.4 Å². The van der Waals surface area contributed by atoms with Crippen LogP contribution in [0.25, 0.3) is 0 Å². The van der Waals surface area contributed by atoms with Crippen molar-refractivity contribution in [2.75, 3.05) is 0 Å². The molecule has 3 saturated heterocycles. The van der Waals surface area contributed by atoms with Gasteiger partial charge in [0, 0.05) is 31.1 Å². The van der Waals surface area contributed by atoms with Crippen molar-refractivity contribution in [2.24, 2.45) is 23.7 Å². The maximum absolute atomic E-state index is 13.6. The summed E-state index contributed by atoms with van der Waals surface area (Å²) in [5.74, 6) is -1.82. The molecule has 0 radical (unpaired) electrons. The lowest BCUT2D eigenvalue weighted by atomic mass is 9.58. The molecule has 4 aliphatic rings. The zero-order valence-electron chi connectivity index (χ0n) is 27.9. The van der Waals surface area contributed by atoms with Gasteiger partial charge in [0.1, 0.15) is 18.3 Å². The Kier molecular flexibility index (Phi) is 12.0. The van der Waals surface area contributed by atoms with Crippen molar-refractivity contribution in [2.45, 2.75) is 173 Å². The molecule has 4 fully saturated rings. The fourth-order valence-corrected chi connectivity index (χ4v) is 8.45. The van der Waals surface area contributed by atoms with E-state index in [9.17, 15) is 19.5 Å². The van der Waals surface area contributed by atoms with Crippen LogP contribution in [0.4, 0.5) is 0 Å². The quantitative estimate of drug-likeness (QED) is 0.0960. The summed E-state index contributed by atoms with van der Waals surface area (Å²) in [4.78, 5) is 40.0. The molecule has 1 aliphatic carbocycles. The number of esters is 3. The minimum Gasteiger partial charge on any atom is -0.458 e. The summed E-state index contributed by atoms with van der Waals surface area (Å²) in [6, 6.07) is 0. The van der Waals surface area contributed by atoms with E-state index in [0.29, 0.717) is 31.3 Å². The van der Waals surface area contributed by atoms with Gasteiger partial charge in [0.2, 0.25) is 0 Å². The zero-order chi connectivity index (χ0) is 32.1. The third kappa shape index (κ3) is 7.71. The van der Waals surface area contributed by atoms with Crippen LogP contribution in [0.15, 0.2) is 12.2 Å². The third-order valence-electron chi connectivity index (χ3n) is 11.1. The second-order valence-corrected chi connectivity index (χ2v) is 14.5. The molecular formula is C36H58O8. The topological polar surface area (TPSA) is 108 Å². The molecule has 3 aliphatic heterocycles. The number of fused-ring (bicyclic) bond motifs is 2. The van der Waals surface area contributed by atoms with Gasteiger partial charge in [-0.25, -0.2) is 0 Å². The smallest absolute Gasteiger partial charge is 0.309 e. The number of aliphatic hydroxyl groups is 1. The second-order valence-electron chi connectivity index (χ2n) is 14.5. The Hall–Kier alpha value is -1.93. The van der Waals surface area contributed by atoms with E-state index in [1.165, 1.54) is 0 Å². The molecule has 0 spiro atoms. The van der Waals surface area contributed by atoms with Crippen molar-refractivity contribution in [3.05, 3.63) is 12.2 Å². The fraction of sp³-hybridized carbons (Fsp3) is 0.861. The molecule has 0 aromatic rings. The van der Waals surface area contributed by atoms with Crippen LogP contribution in [-0.4, -0.2) is 58.6 Å². The Morgan fingerprint density at radius 1 is 0.955 bits per heavy atom. The first kappa shape index (κ1) is 34.9. The highest BCUT2D eigenvalue weighted by Gasteiger charge is 2.68. The summed E-state index contributed by atoms with van der Waals surface area (Å²) >= 11 is 0. The van der Waals surface area contributed by atoms with Crippen molar-refractivity contribution in [1.82, 2.24) is 0 Å². The van der Waals surface area contributed by atoms with Gasteiger partial charge in [-0.1, -0.05) is 78.7 Å². The van der Waals surface area contributed by atoms with Crippen LogP contribution in [0.2, 0.25) is 0 Å². The molecule has 10 unspecified atom stereocenters. The molecule has 250 valence electrons. The predicted octanol–water partition coefficient (Wildman–Crippen LogP) is 6.99. The van der Waals surface area contributed by atoms with Gasteiger partial charge in [0.05, 0.1) is 17.6 Å². The van der Waals surface area contributed by atoms with Crippen LogP contribution < -0.4 is 0 Å². The SMILES string of the molecule is C=C1CC2OC3C4C(CCC(C)(O)C24)C(C)C(=O)OC3(C)C(OC(=O)CCCCCCC)CC1OC(=O)CCCCCCC. The van der Waals surface area contributed by atoms with Crippen molar-refractivity contribution >= 4 is 17.9 Å². The summed E-state index contributed by atoms with van der Waals surface area (Å²) in [5.41, 5.74) is -1.66. The minimum atomic E-state index is -1.32. The summed E-state index contributed by atoms with van der Waals surface area (Å²) in [6.07, 6.45) is 9.83. The first-order chi connectivity index (χ1) is 20.9. The lowest BCUT2D eigenvalue weighted by molar-refractivity contribution is -0.210. The van der Waals surface area contributed by atoms with E-state index in [1.807, 2.05) is 20.8 Å². The van der Waals surface area contributed by atoms with Crippen molar-refractivity contribution in [3.63, 3.8) is 0 Å². The maximum Gasteiger partial charge on any atom is 0.309 e. The summed E-state index contributed by atoms with van der Waals surface area (Å²) in [6.45, 7) is 14.2. The second kappa shape index (κ2) is 15.1. The Balaban J connectivity index is 1.64. The van der Waals surface area contributed by atoms with Crippen LogP contribution >= 0.6 is 0 Å². The van der Waals surface area contributed by atoms with E-state index in [-0.39, 0.29) is 60.5 Å². The highest BCUT2D eigenvalue weighted by atomic mass is 16.6. The highest BCUT2D eigenvalue weighted by Crippen LogP contribution is 2.59. The molecule has 3 heterocycles. The number of carbonyl (C=O) groups excluding carboxylic acids is 3. The van der Waals surface area contributed by atoms with Gasteiger partial charge in [0.15, 0.2) is 5.60 Å². The lowest BCUT2D eigenvalue weighted by Crippen LogP contribution is -2.58. The number of hydrogen-bond acceptors (Lipinski definition) is 8. The molecule has 4 rings (SSSR count). The average molecular weight is 619 g/mol. The molecule has 0 amide bonds. The zero-order valence-corrected chi connectivity index (χ0v) is 27.9. The van der Waals surface area contributed by atoms with Crippen LogP contribution in [0.1, 0.15) is 137 Å². The Bertz CT molecular complexity index is 1020. The summed E-state index contributed by atoms with van der Waals surface area (Å²) in [5, 5.41) is 11.7. The highest BCUT2D eigenvalue weighted by molar-refractivity contribution is 5.74. The first-order valence-corrected chi connectivity index (χ1v) is 17.6. The maximum atomic E-state index is 13.6. The Morgan fingerprint density at radius 2 is 1.55 bits per heavy atom. The van der Waals surface area contributed by atoms with E-state index in [0.717, 1.165) is 64.2 Å². The van der Waals surface area contributed by atoms with Gasteiger partial charge in [-0.05, 0) is 57.4 Å². The van der Waals surface area contributed by atoms with Gasteiger partial charge < -0.3 is 24.1 Å². The summed E-state index contributed by atoms with van der Waals surface area (Å²) in [7, 11) is 0. The lowest BCUT2D eigenvalue weighted by Gasteiger charge is -2.48. The molecule has 1 N–H and O–H groups in total.